The summed E-state index contributed by atoms with van der Waals surface area (Å²) in [5.41, 5.74) is 2.52. The van der Waals surface area contributed by atoms with Gasteiger partial charge >= 0.3 is 5.97 Å². The van der Waals surface area contributed by atoms with E-state index < -0.39 is 22.9 Å². The highest BCUT2D eigenvalue weighted by Gasteiger charge is 2.28. The Labute approximate surface area is 241 Å². The molecule has 5 aromatic rings. The summed E-state index contributed by atoms with van der Waals surface area (Å²) in [6.45, 7) is 0. The number of carbonyl (C=O) groups is 2. The lowest BCUT2D eigenvalue weighted by Gasteiger charge is -2.19. The van der Waals surface area contributed by atoms with E-state index >= 15 is 0 Å². The third kappa shape index (κ3) is 5.85. The van der Waals surface area contributed by atoms with Crippen LogP contribution in [0.4, 0.5) is 11.4 Å². The normalized spacial score (nSPS) is 11.6. The molecule has 8 nitrogen and oxygen atoms in total. The predicted octanol–water partition coefficient (Wildman–Crippen LogP) is 7.76. The number of rotatable bonds is 7. The van der Waals surface area contributed by atoms with Crippen molar-refractivity contribution >= 4 is 61.7 Å². The van der Waals surface area contributed by atoms with Gasteiger partial charge in [-0.15, -0.1) is 0 Å². The minimum Gasteiger partial charge on any atom is -0.444 e. The van der Waals surface area contributed by atoms with Crippen LogP contribution in [0, 0.1) is 10.1 Å². The maximum absolute atomic E-state index is 13.7. The van der Waals surface area contributed by atoms with Crippen molar-refractivity contribution in [2.24, 2.45) is 0 Å². The number of ether oxygens (including phenoxy) is 1. The lowest BCUT2D eigenvalue weighted by molar-refractivity contribution is -0.384. The third-order valence-corrected chi connectivity index (χ3v) is 6.85. The van der Waals surface area contributed by atoms with Gasteiger partial charge in [0.1, 0.15) is 0 Å². The highest BCUT2D eigenvalue weighted by Crippen LogP contribution is 2.31. The van der Waals surface area contributed by atoms with E-state index in [1.54, 1.807) is 54.6 Å². The summed E-state index contributed by atoms with van der Waals surface area (Å²) in [6.07, 6.45) is -1.35. The monoisotopic (exact) mass is 615 g/mol. The molecule has 0 saturated carbocycles. The number of aromatic nitrogens is 1. The molecule has 0 saturated heterocycles. The van der Waals surface area contributed by atoms with Crippen LogP contribution < -0.4 is 5.32 Å². The summed E-state index contributed by atoms with van der Waals surface area (Å²) in [5, 5.41) is 14.2. The summed E-state index contributed by atoms with van der Waals surface area (Å²) in [6, 6.07) is 28.5. The van der Waals surface area contributed by atoms with E-state index in [0.29, 0.717) is 22.2 Å². The van der Waals surface area contributed by atoms with Crippen LogP contribution in [0.3, 0.4) is 0 Å². The molecule has 0 spiro atoms. The Hall–Kier alpha value is -4.60. The second-order valence-electron chi connectivity index (χ2n) is 8.69. The molecule has 0 radical (unpaired) electrons. The Morgan fingerprint density at radius 1 is 0.925 bits per heavy atom. The number of hydrogen-bond acceptors (Lipinski definition) is 6. The summed E-state index contributed by atoms with van der Waals surface area (Å²) in [7, 11) is 0. The predicted molar refractivity (Wildman–Crippen MR) is 156 cm³/mol. The van der Waals surface area contributed by atoms with Gasteiger partial charge in [0.25, 0.3) is 11.6 Å². The Balaban J connectivity index is 1.51. The number of carbonyl (C=O) groups excluding carboxylic acids is 2. The molecule has 0 aliphatic carbocycles. The van der Waals surface area contributed by atoms with Gasteiger partial charge in [-0.25, -0.2) is 9.78 Å². The van der Waals surface area contributed by atoms with Gasteiger partial charge in [0.15, 0.2) is 0 Å². The zero-order valence-corrected chi connectivity index (χ0v) is 22.9. The molecule has 1 unspecified atom stereocenters. The average Bonchev–Trinajstić information content (AvgIpc) is 2.96. The van der Waals surface area contributed by atoms with E-state index in [2.05, 4.69) is 21.2 Å². The van der Waals surface area contributed by atoms with Crippen LogP contribution in [-0.4, -0.2) is 21.8 Å². The maximum Gasteiger partial charge on any atom is 0.340 e. The average molecular weight is 617 g/mol. The number of nitro benzene ring substituents is 1. The molecular formula is C30H19BrClN3O5. The minimum atomic E-state index is -1.35. The van der Waals surface area contributed by atoms with Gasteiger partial charge < -0.3 is 10.1 Å². The number of fused-ring (bicyclic) bond motifs is 1. The van der Waals surface area contributed by atoms with Crippen molar-refractivity contribution < 1.29 is 19.2 Å². The standard InChI is InChI=1S/C30H19BrClN3O5/c31-20-10-6-9-19(15-20)27-17-23(22-11-4-5-12-25(22)33-27)30(37)40-28(18-7-2-1-3-8-18)29(36)34-26-14-13-21(35(38)39)16-24(26)32/h1-17,28H,(H,34,36). The minimum absolute atomic E-state index is 0.0283. The van der Waals surface area contributed by atoms with Gasteiger partial charge in [0, 0.05) is 33.1 Å². The fraction of sp³-hybridized carbons (Fsp3) is 0.0333. The first-order valence-corrected chi connectivity index (χ1v) is 13.1. The highest BCUT2D eigenvalue weighted by molar-refractivity contribution is 9.10. The van der Waals surface area contributed by atoms with E-state index in [0.717, 1.165) is 16.1 Å². The molecule has 1 N–H and O–H groups in total. The van der Waals surface area contributed by atoms with Gasteiger partial charge in [-0.3, -0.25) is 14.9 Å². The van der Waals surface area contributed by atoms with Crippen molar-refractivity contribution in [1.29, 1.82) is 0 Å². The number of halogens is 2. The smallest absolute Gasteiger partial charge is 0.340 e. The fourth-order valence-corrected chi connectivity index (χ4v) is 4.75. The zero-order valence-electron chi connectivity index (χ0n) is 20.6. The molecule has 5 rings (SSSR count). The number of hydrogen-bond donors (Lipinski definition) is 1. The maximum atomic E-state index is 13.7. The number of non-ortho nitro benzene ring substituents is 1. The van der Waals surface area contributed by atoms with Crippen LogP contribution >= 0.6 is 27.5 Å². The number of anilines is 1. The number of amides is 1. The molecule has 0 fully saturated rings. The first-order chi connectivity index (χ1) is 19.3. The van der Waals surface area contributed by atoms with Gasteiger partial charge in [0.2, 0.25) is 6.10 Å². The van der Waals surface area contributed by atoms with Crippen LogP contribution in [0.15, 0.2) is 108 Å². The second-order valence-corrected chi connectivity index (χ2v) is 10.0. The molecular weight excluding hydrogens is 598 g/mol. The number of pyridine rings is 1. The first-order valence-electron chi connectivity index (χ1n) is 12.0. The molecule has 1 aromatic heterocycles. The quantitative estimate of drug-likeness (QED) is 0.114. The molecule has 40 heavy (non-hydrogen) atoms. The topological polar surface area (TPSA) is 111 Å². The van der Waals surface area contributed by atoms with Gasteiger partial charge in [-0.05, 0) is 30.3 Å². The molecule has 0 bridgehead atoms. The van der Waals surface area contributed by atoms with E-state index in [9.17, 15) is 19.7 Å². The summed E-state index contributed by atoms with van der Waals surface area (Å²) >= 11 is 9.65. The third-order valence-electron chi connectivity index (χ3n) is 6.04. The number of nitrogens with zero attached hydrogens (tertiary/aromatic N) is 2. The molecule has 1 atom stereocenters. The van der Waals surface area contributed by atoms with Crippen molar-refractivity contribution in [2.45, 2.75) is 6.10 Å². The lowest BCUT2D eigenvalue weighted by Crippen LogP contribution is -2.26. The Morgan fingerprint density at radius 3 is 2.40 bits per heavy atom. The van der Waals surface area contributed by atoms with Crippen LogP contribution in [0.5, 0.6) is 0 Å². The number of nitrogens with one attached hydrogen (secondary N) is 1. The number of benzene rings is 4. The van der Waals surface area contributed by atoms with Crippen LogP contribution in [-0.2, 0) is 9.53 Å². The SMILES string of the molecule is O=C(OC(C(=O)Nc1ccc([N+](=O)[O-])cc1Cl)c1ccccc1)c1cc(-c2cccc(Br)c2)nc2ccccc12. The van der Waals surface area contributed by atoms with Crippen molar-refractivity contribution in [2.75, 3.05) is 5.32 Å². The Kier molecular flexibility index (Phi) is 7.86. The second kappa shape index (κ2) is 11.6. The van der Waals surface area contributed by atoms with E-state index in [1.807, 2.05) is 30.3 Å². The molecule has 10 heteroatoms. The summed E-state index contributed by atoms with van der Waals surface area (Å²) in [5.74, 6) is -1.41. The van der Waals surface area contributed by atoms with Gasteiger partial charge in [-0.1, -0.05) is 88.2 Å². The molecule has 198 valence electrons. The van der Waals surface area contributed by atoms with Crippen molar-refractivity contribution in [3.63, 3.8) is 0 Å². The lowest BCUT2D eigenvalue weighted by atomic mass is 10.0. The molecule has 4 aromatic carbocycles. The van der Waals surface area contributed by atoms with E-state index in [4.69, 9.17) is 21.3 Å². The summed E-state index contributed by atoms with van der Waals surface area (Å²) < 4.78 is 6.70. The van der Waals surface area contributed by atoms with Gasteiger partial charge in [0.05, 0.1) is 32.4 Å². The Bertz CT molecular complexity index is 1760. The molecule has 0 aliphatic rings. The molecule has 1 amide bonds. The van der Waals surface area contributed by atoms with Crippen LogP contribution in [0.1, 0.15) is 22.0 Å². The highest BCUT2D eigenvalue weighted by atomic mass is 79.9. The fourth-order valence-electron chi connectivity index (χ4n) is 4.13. The van der Waals surface area contributed by atoms with Crippen molar-refractivity contribution in [3.05, 3.63) is 134 Å². The van der Waals surface area contributed by atoms with Crippen molar-refractivity contribution in [1.82, 2.24) is 4.98 Å². The molecule has 1 heterocycles. The van der Waals surface area contributed by atoms with Crippen LogP contribution in [0.25, 0.3) is 22.2 Å². The largest absolute Gasteiger partial charge is 0.444 e. The van der Waals surface area contributed by atoms with Crippen molar-refractivity contribution in [3.8, 4) is 11.3 Å². The first kappa shape index (κ1) is 27.0. The summed E-state index contributed by atoms with van der Waals surface area (Å²) in [4.78, 5) is 42.3. The van der Waals surface area contributed by atoms with Gasteiger partial charge in [-0.2, -0.15) is 0 Å². The zero-order chi connectivity index (χ0) is 28.2. The van der Waals surface area contributed by atoms with E-state index in [1.165, 1.54) is 12.1 Å². The van der Waals surface area contributed by atoms with E-state index in [-0.39, 0.29) is 22.0 Å². The number of para-hydroxylation sites is 1. The van der Waals surface area contributed by atoms with Crippen LogP contribution in [0.2, 0.25) is 5.02 Å². The molecule has 0 aliphatic heterocycles. The Morgan fingerprint density at radius 2 is 1.68 bits per heavy atom. The number of nitro groups is 1. The number of esters is 1.